The Morgan fingerprint density at radius 1 is 1.17 bits per heavy atom. The van der Waals surface area contributed by atoms with Gasteiger partial charge in [0.2, 0.25) is 5.82 Å². The van der Waals surface area contributed by atoms with Crippen molar-refractivity contribution < 1.29 is 19.4 Å². The minimum Gasteiger partial charge on any atom is -0.475 e. The Bertz CT molecular complexity index is 700. The number of nitrogens with zero attached hydrogens (tertiary/aromatic N) is 2. The number of ether oxygens (including phenoxy) is 1. The van der Waals surface area contributed by atoms with Crippen LogP contribution >= 0.6 is 0 Å². The zero-order valence-electron chi connectivity index (χ0n) is 12.9. The number of hydrogen-bond donors (Lipinski definition) is 2. The summed E-state index contributed by atoms with van der Waals surface area (Å²) in [6.45, 7) is 0.661. The van der Waals surface area contributed by atoms with Gasteiger partial charge < -0.3 is 15.2 Å². The lowest BCUT2D eigenvalue weighted by molar-refractivity contribution is 0.0683. The third-order valence-electron chi connectivity index (χ3n) is 2.97. The SMILES string of the molecule is O=C(NCCC=Cc1cnc(C(=O)O)nc1)OCc1ccccc1. The molecule has 1 amide bonds. The van der Waals surface area contributed by atoms with Crippen LogP contribution in [0.5, 0.6) is 0 Å². The molecular formula is C17H17N3O4. The maximum Gasteiger partial charge on any atom is 0.407 e. The third kappa shape index (κ3) is 5.88. The lowest BCUT2D eigenvalue weighted by Crippen LogP contribution is -2.24. The number of carbonyl (C=O) groups excluding carboxylic acids is 1. The molecule has 1 heterocycles. The first-order valence-corrected chi connectivity index (χ1v) is 7.31. The monoisotopic (exact) mass is 327 g/mol. The van der Waals surface area contributed by atoms with Gasteiger partial charge in [0.1, 0.15) is 6.61 Å². The predicted molar refractivity (Wildman–Crippen MR) is 87.3 cm³/mol. The van der Waals surface area contributed by atoms with Crippen LogP contribution in [-0.2, 0) is 11.3 Å². The van der Waals surface area contributed by atoms with Crippen LogP contribution in [0.25, 0.3) is 6.08 Å². The van der Waals surface area contributed by atoms with Crippen molar-refractivity contribution in [2.75, 3.05) is 6.54 Å². The molecule has 1 aromatic heterocycles. The highest BCUT2D eigenvalue weighted by Gasteiger charge is 2.04. The molecule has 0 spiro atoms. The van der Waals surface area contributed by atoms with Crippen LogP contribution < -0.4 is 5.32 Å². The fourth-order valence-electron chi connectivity index (χ4n) is 1.79. The third-order valence-corrected chi connectivity index (χ3v) is 2.97. The van der Waals surface area contributed by atoms with Crippen LogP contribution in [0.2, 0.25) is 0 Å². The summed E-state index contributed by atoms with van der Waals surface area (Å²) in [5, 5.41) is 11.3. The largest absolute Gasteiger partial charge is 0.475 e. The number of carbonyl (C=O) groups is 2. The minimum absolute atomic E-state index is 0.232. The van der Waals surface area contributed by atoms with Crippen LogP contribution in [0.1, 0.15) is 28.2 Å². The van der Waals surface area contributed by atoms with Crippen molar-refractivity contribution in [3.63, 3.8) is 0 Å². The van der Waals surface area contributed by atoms with Gasteiger partial charge in [-0.3, -0.25) is 0 Å². The highest BCUT2D eigenvalue weighted by atomic mass is 16.5. The average Bonchev–Trinajstić information content (AvgIpc) is 2.61. The molecular weight excluding hydrogens is 310 g/mol. The van der Waals surface area contributed by atoms with Gasteiger partial charge in [0.25, 0.3) is 0 Å². The van der Waals surface area contributed by atoms with Crippen LogP contribution in [0.4, 0.5) is 4.79 Å². The molecule has 2 rings (SSSR count). The molecule has 0 unspecified atom stereocenters. The molecule has 0 aliphatic carbocycles. The maximum atomic E-state index is 11.5. The molecule has 0 saturated heterocycles. The molecule has 7 heteroatoms. The number of amides is 1. The number of aromatic nitrogens is 2. The summed E-state index contributed by atoms with van der Waals surface area (Å²) in [5.74, 6) is -1.40. The smallest absolute Gasteiger partial charge is 0.407 e. The van der Waals surface area contributed by atoms with Gasteiger partial charge in [-0.05, 0) is 12.0 Å². The van der Waals surface area contributed by atoms with E-state index in [0.717, 1.165) is 5.56 Å². The van der Waals surface area contributed by atoms with E-state index in [0.29, 0.717) is 18.5 Å². The van der Waals surface area contributed by atoms with Crippen molar-refractivity contribution >= 4 is 18.1 Å². The summed E-state index contributed by atoms with van der Waals surface area (Å²) in [5.41, 5.74) is 1.61. The van der Waals surface area contributed by atoms with Crippen molar-refractivity contribution in [2.45, 2.75) is 13.0 Å². The van der Waals surface area contributed by atoms with E-state index >= 15 is 0 Å². The highest BCUT2D eigenvalue weighted by molar-refractivity contribution is 5.83. The molecule has 0 aliphatic rings. The Morgan fingerprint density at radius 3 is 2.54 bits per heavy atom. The quantitative estimate of drug-likeness (QED) is 0.758. The maximum absolute atomic E-state index is 11.5. The Balaban J connectivity index is 1.65. The Kier molecular flexibility index (Phi) is 6.46. The zero-order chi connectivity index (χ0) is 17.2. The number of aromatic carboxylic acids is 1. The molecule has 124 valence electrons. The summed E-state index contributed by atoms with van der Waals surface area (Å²) in [6.07, 6.45) is 6.56. The first-order chi connectivity index (χ1) is 11.6. The standard InChI is InChI=1S/C17H17N3O4/c21-16(22)15-19-10-14(11-20-15)8-4-5-9-18-17(23)24-12-13-6-2-1-3-7-13/h1-4,6-8,10-11H,5,9,12H2,(H,18,23)(H,21,22). The van der Waals surface area contributed by atoms with Crippen LogP contribution in [-0.4, -0.2) is 33.7 Å². The molecule has 0 atom stereocenters. The average molecular weight is 327 g/mol. The highest BCUT2D eigenvalue weighted by Crippen LogP contribution is 2.01. The molecule has 0 fully saturated rings. The summed E-state index contributed by atoms with van der Waals surface area (Å²) < 4.78 is 5.08. The van der Waals surface area contributed by atoms with Gasteiger partial charge in [0.05, 0.1) is 0 Å². The molecule has 7 nitrogen and oxygen atoms in total. The fourth-order valence-corrected chi connectivity index (χ4v) is 1.79. The fraction of sp³-hybridized carbons (Fsp3) is 0.176. The van der Waals surface area contributed by atoms with Gasteiger partial charge >= 0.3 is 12.1 Å². The van der Waals surface area contributed by atoms with Gasteiger partial charge in [0, 0.05) is 24.5 Å². The molecule has 0 aliphatic heterocycles. The molecule has 0 bridgehead atoms. The first-order valence-electron chi connectivity index (χ1n) is 7.31. The number of carboxylic acid groups (broad SMARTS) is 1. The Labute approximate surface area is 139 Å². The van der Waals surface area contributed by atoms with Crippen molar-refractivity contribution in [3.05, 3.63) is 65.8 Å². The topological polar surface area (TPSA) is 101 Å². The second-order valence-corrected chi connectivity index (χ2v) is 4.82. The number of rotatable bonds is 7. The van der Waals surface area contributed by atoms with Gasteiger partial charge in [-0.15, -0.1) is 0 Å². The van der Waals surface area contributed by atoms with E-state index in [9.17, 15) is 9.59 Å². The second-order valence-electron chi connectivity index (χ2n) is 4.82. The molecule has 2 aromatic rings. The molecule has 0 saturated carbocycles. The minimum atomic E-state index is -1.16. The number of nitrogens with one attached hydrogen (secondary N) is 1. The number of hydrogen-bond acceptors (Lipinski definition) is 5. The Hall–Kier alpha value is -3.22. The summed E-state index contributed by atoms with van der Waals surface area (Å²) in [4.78, 5) is 29.6. The van der Waals surface area contributed by atoms with Crippen molar-refractivity contribution in [2.24, 2.45) is 0 Å². The van der Waals surface area contributed by atoms with Crippen LogP contribution in [0, 0.1) is 0 Å². The van der Waals surface area contributed by atoms with E-state index in [1.54, 1.807) is 6.08 Å². The summed E-state index contributed by atoms with van der Waals surface area (Å²) in [7, 11) is 0. The number of benzene rings is 1. The molecule has 1 aromatic carbocycles. The van der Waals surface area contributed by atoms with Crippen molar-refractivity contribution in [1.82, 2.24) is 15.3 Å². The van der Waals surface area contributed by atoms with Gasteiger partial charge in [-0.25, -0.2) is 19.6 Å². The van der Waals surface area contributed by atoms with E-state index in [4.69, 9.17) is 9.84 Å². The van der Waals surface area contributed by atoms with E-state index in [-0.39, 0.29) is 12.4 Å². The zero-order valence-corrected chi connectivity index (χ0v) is 12.9. The van der Waals surface area contributed by atoms with E-state index in [1.165, 1.54) is 12.4 Å². The summed E-state index contributed by atoms with van der Waals surface area (Å²) in [6, 6.07) is 9.43. The second kappa shape index (κ2) is 9.04. The van der Waals surface area contributed by atoms with E-state index < -0.39 is 12.1 Å². The van der Waals surface area contributed by atoms with Crippen molar-refractivity contribution in [3.8, 4) is 0 Å². The number of carboxylic acids is 1. The van der Waals surface area contributed by atoms with Crippen LogP contribution in [0.15, 0.2) is 48.8 Å². The molecule has 24 heavy (non-hydrogen) atoms. The normalized spacial score (nSPS) is 10.5. The van der Waals surface area contributed by atoms with Crippen LogP contribution in [0.3, 0.4) is 0 Å². The van der Waals surface area contributed by atoms with Crippen molar-refractivity contribution in [1.29, 1.82) is 0 Å². The number of alkyl carbamates (subject to hydrolysis) is 1. The predicted octanol–water partition coefficient (Wildman–Crippen LogP) is 2.50. The summed E-state index contributed by atoms with van der Waals surface area (Å²) >= 11 is 0. The molecule has 2 N–H and O–H groups in total. The lowest BCUT2D eigenvalue weighted by Gasteiger charge is -2.05. The van der Waals surface area contributed by atoms with E-state index in [2.05, 4.69) is 15.3 Å². The lowest BCUT2D eigenvalue weighted by atomic mass is 10.2. The van der Waals surface area contributed by atoms with Gasteiger partial charge in [-0.2, -0.15) is 0 Å². The van der Waals surface area contributed by atoms with Gasteiger partial charge in [-0.1, -0.05) is 42.5 Å². The molecule has 0 radical (unpaired) electrons. The first kappa shape index (κ1) is 17.1. The van der Waals surface area contributed by atoms with Gasteiger partial charge in [0.15, 0.2) is 0 Å². The van der Waals surface area contributed by atoms with E-state index in [1.807, 2.05) is 36.4 Å². The Morgan fingerprint density at radius 2 is 1.88 bits per heavy atom.